The van der Waals surface area contributed by atoms with Crippen LogP contribution in [0.15, 0.2) is 23.3 Å². The van der Waals surface area contributed by atoms with E-state index in [-0.39, 0.29) is 23.2 Å². The number of hydrogen-bond acceptors (Lipinski definition) is 3. The summed E-state index contributed by atoms with van der Waals surface area (Å²) in [4.78, 5) is 12.5. The standard InChI is InChI=1S/C15H16Cl2N2O/c1-15(2)6-11-13(12(20)7-15)14(19-18-11)8-3-9(16)5-10(17)4-8/h3-5,11,13,18H,6-7H2,1-2H3/t11-,13-/m0/s1. The molecule has 106 valence electrons. The number of halogens is 2. The molecule has 1 heterocycles. The van der Waals surface area contributed by atoms with Crippen LogP contribution >= 0.6 is 23.2 Å². The van der Waals surface area contributed by atoms with Crippen molar-refractivity contribution < 1.29 is 4.79 Å². The lowest BCUT2D eigenvalue weighted by Gasteiger charge is -2.36. The fourth-order valence-electron chi connectivity index (χ4n) is 3.22. The number of nitrogens with one attached hydrogen (secondary N) is 1. The summed E-state index contributed by atoms with van der Waals surface area (Å²) in [6.07, 6.45) is 1.52. The Kier molecular flexibility index (Phi) is 3.30. The zero-order chi connectivity index (χ0) is 14.5. The van der Waals surface area contributed by atoms with E-state index in [2.05, 4.69) is 24.4 Å². The van der Waals surface area contributed by atoms with Crippen LogP contribution in [0.5, 0.6) is 0 Å². The Morgan fingerprint density at radius 3 is 2.55 bits per heavy atom. The Hall–Kier alpha value is -1.06. The van der Waals surface area contributed by atoms with Gasteiger partial charge in [0.25, 0.3) is 0 Å². The van der Waals surface area contributed by atoms with Crippen molar-refractivity contribution >= 4 is 34.7 Å². The van der Waals surface area contributed by atoms with Crippen molar-refractivity contribution in [3.63, 3.8) is 0 Å². The van der Waals surface area contributed by atoms with Crippen LogP contribution < -0.4 is 5.43 Å². The number of fused-ring (bicyclic) bond motifs is 1. The molecule has 1 aliphatic heterocycles. The van der Waals surface area contributed by atoms with Crippen molar-refractivity contribution in [2.45, 2.75) is 32.7 Å². The van der Waals surface area contributed by atoms with Crippen molar-refractivity contribution in [1.29, 1.82) is 0 Å². The topological polar surface area (TPSA) is 41.5 Å². The smallest absolute Gasteiger partial charge is 0.144 e. The van der Waals surface area contributed by atoms with Crippen molar-refractivity contribution in [2.75, 3.05) is 0 Å². The highest BCUT2D eigenvalue weighted by Crippen LogP contribution is 2.40. The second-order valence-electron chi connectivity index (χ2n) is 6.38. The molecule has 1 aromatic rings. The van der Waals surface area contributed by atoms with E-state index in [4.69, 9.17) is 23.2 Å². The molecule has 2 aliphatic rings. The molecule has 0 spiro atoms. The molecule has 2 atom stereocenters. The zero-order valence-electron chi connectivity index (χ0n) is 11.4. The lowest BCUT2D eigenvalue weighted by atomic mass is 9.68. The average Bonchev–Trinajstić information content (AvgIpc) is 2.69. The zero-order valence-corrected chi connectivity index (χ0v) is 12.9. The Balaban J connectivity index is 1.95. The number of nitrogens with zero attached hydrogens (tertiary/aromatic N) is 1. The van der Waals surface area contributed by atoms with E-state index in [0.717, 1.165) is 17.7 Å². The molecule has 0 radical (unpaired) electrons. The molecule has 0 saturated heterocycles. The third kappa shape index (κ3) is 2.45. The predicted octanol–water partition coefficient (Wildman–Crippen LogP) is 3.67. The van der Waals surface area contributed by atoms with Crippen LogP contribution in [-0.4, -0.2) is 17.5 Å². The number of carbonyl (C=O) groups excluding carboxylic acids is 1. The summed E-state index contributed by atoms with van der Waals surface area (Å²) in [5, 5.41) is 5.49. The van der Waals surface area contributed by atoms with Gasteiger partial charge in [0.15, 0.2) is 0 Å². The minimum atomic E-state index is -0.183. The van der Waals surface area contributed by atoms with E-state index in [1.165, 1.54) is 0 Å². The predicted molar refractivity (Wildman–Crippen MR) is 81.4 cm³/mol. The number of rotatable bonds is 1. The number of benzene rings is 1. The summed E-state index contributed by atoms with van der Waals surface area (Å²) < 4.78 is 0. The van der Waals surface area contributed by atoms with Gasteiger partial charge in [-0.15, -0.1) is 0 Å². The van der Waals surface area contributed by atoms with Gasteiger partial charge in [0, 0.05) is 22.0 Å². The highest BCUT2D eigenvalue weighted by atomic mass is 35.5. The first kappa shape index (κ1) is 13.9. The van der Waals surface area contributed by atoms with Gasteiger partial charge < -0.3 is 5.43 Å². The van der Waals surface area contributed by atoms with E-state index < -0.39 is 0 Å². The largest absolute Gasteiger partial charge is 0.306 e. The summed E-state index contributed by atoms with van der Waals surface area (Å²) in [7, 11) is 0. The Morgan fingerprint density at radius 1 is 1.25 bits per heavy atom. The first-order valence-electron chi connectivity index (χ1n) is 6.68. The second kappa shape index (κ2) is 4.74. The maximum Gasteiger partial charge on any atom is 0.144 e. The molecule has 1 saturated carbocycles. The molecule has 1 N–H and O–H groups in total. The molecule has 0 bridgehead atoms. The third-order valence-corrected chi connectivity index (χ3v) is 4.41. The number of hydrazone groups is 1. The quantitative estimate of drug-likeness (QED) is 0.859. The van der Waals surface area contributed by atoms with Gasteiger partial charge in [-0.2, -0.15) is 5.10 Å². The molecule has 3 nitrogen and oxygen atoms in total. The summed E-state index contributed by atoms with van der Waals surface area (Å²) in [6, 6.07) is 5.38. The van der Waals surface area contributed by atoms with Gasteiger partial charge in [-0.1, -0.05) is 37.0 Å². The molecule has 1 aromatic carbocycles. The number of carbonyl (C=O) groups is 1. The van der Waals surface area contributed by atoms with E-state index in [1.54, 1.807) is 6.07 Å². The van der Waals surface area contributed by atoms with Crippen molar-refractivity contribution in [3.8, 4) is 0 Å². The minimum Gasteiger partial charge on any atom is -0.306 e. The van der Waals surface area contributed by atoms with Gasteiger partial charge in [-0.05, 0) is 30.0 Å². The van der Waals surface area contributed by atoms with Gasteiger partial charge in [-0.25, -0.2) is 0 Å². The number of Topliss-reactive ketones (excluding diaryl/α,β-unsaturated/α-hetero) is 1. The molecule has 0 aromatic heterocycles. The molecule has 20 heavy (non-hydrogen) atoms. The van der Waals surface area contributed by atoms with Crippen LogP contribution in [0, 0.1) is 11.3 Å². The summed E-state index contributed by atoms with van der Waals surface area (Å²) in [5.74, 6) is 0.0589. The Bertz CT molecular complexity index is 590. The Morgan fingerprint density at radius 2 is 1.90 bits per heavy atom. The molecule has 5 heteroatoms. The van der Waals surface area contributed by atoms with Gasteiger partial charge in [0.1, 0.15) is 5.78 Å². The maximum atomic E-state index is 12.5. The molecule has 3 rings (SSSR count). The highest BCUT2D eigenvalue weighted by Gasteiger charge is 2.46. The van der Waals surface area contributed by atoms with E-state index >= 15 is 0 Å². The SMILES string of the molecule is CC1(C)CC(=O)[C@H]2C(c3cc(Cl)cc(Cl)c3)=NN[C@H]2C1. The first-order valence-corrected chi connectivity index (χ1v) is 7.44. The first-order chi connectivity index (χ1) is 9.35. The van der Waals surface area contributed by atoms with Crippen LogP contribution in [0.2, 0.25) is 10.0 Å². The lowest BCUT2D eigenvalue weighted by molar-refractivity contribution is -0.126. The molecule has 0 amide bonds. The fourth-order valence-corrected chi connectivity index (χ4v) is 3.75. The van der Waals surface area contributed by atoms with Crippen LogP contribution in [0.25, 0.3) is 0 Å². The average molecular weight is 311 g/mol. The van der Waals surface area contributed by atoms with Crippen LogP contribution in [0.4, 0.5) is 0 Å². The highest BCUT2D eigenvalue weighted by molar-refractivity contribution is 6.35. The minimum absolute atomic E-state index is 0.0300. The summed E-state index contributed by atoms with van der Waals surface area (Å²) in [6.45, 7) is 4.24. The second-order valence-corrected chi connectivity index (χ2v) is 7.25. The molecular formula is C15H16Cl2N2O. The summed E-state index contributed by atoms with van der Waals surface area (Å²) >= 11 is 12.1. The third-order valence-electron chi connectivity index (χ3n) is 3.98. The van der Waals surface area contributed by atoms with Crippen molar-refractivity contribution in [1.82, 2.24) is 5.43 Å². The van der Waals surface area contributed by atoms with Crippen LogP contribution in [-0.2, 0) is 4.79 Å². The molecular weight excluding hydrogens is 295 g/mol. The van der Waals surface area contributed by atoms with E-state index in [0.29, 0.717) is 16.5 Å². The van der Waals surface area contributed by atoms with Crippen molar-refractivity contribution in [3.05, 3.63) is 33.8 Å². The number of ketones is 1. The van der Waals surface area contributed by atoms with Crippen LogP contribution in [0.1, 0.15) is 32.3 Å². The Labute approximate surface area is 128 Å². The molecule has 0 unspecified atom stereocenters. The van der Waals surface area contributed by atoms with Gasteiger partial charge in [0.05, 0.1) is 17.7 Å². The normalized spacial score (nSPS) is 27.8. The van der Waals surface area contributed by atoms with Gasteiger partial charge in [-0.3, -0.25) is 4.79 Å². The van der Waals surface area contributed by atoms with Crippen LogP contribution in [0.3, 0.4) is 0 Å². The van der Waals surface area contributed by atoms with Gasteiger partial charge in [0.2, 0.25) is 0 Å². The monoisotopic (exact) mass is 310 g/mol. The fraction of sp³-hybridized carbons (Fsp3) is 0.467. The lowest BCUT2D eigenvalue weighted by Crippen LogP contribution is -2.45. The maximum absolute atomic E-state index is 12.5. The molecule has 1 fully saturated rings. The van der Waals surface area contributed by atoms with Gasteiger partial charge >= 0.3 is 0 Å². The molecule has 1 aliphatic carbocycles. The van der Waals surface area contributed by atoms with Crippen molar-refractivity contribution in [2.24, 2.45) is 16.4 Å². The number of hydrogen-bond donors (Lipinski definition) is 1. The van der Waals surface area contributed by atoms with E-state index in [1.807, 2.05) is 12.1 Å². The van der Waals surface area contributed by atoms with E-state index in [9.17, 15) is 4.79 Å². The summed E-state index contributed by atoms with van der Waals surface area (Å²) in [5.41, 5.74) is 4.74.